The summed E-state index contributed by atoms with van der Waals surface area (Å²) >= 11 is 0. The van der Waals surface area contributed by atoms with E-state index in [-0.39, 0.29) is 11.8 Å². The monoisotopic (exact) mass is 590 g/mol. The van der Waals surface area contributed by atoms with Crippen LogP contribution in [0.1, 0.15) is 31.8 Å². The maximum atomic E-state index is 13.0. The molecule has 2 heterocycles. The molecule has 0 radical (unpaired) electrons. The van der Waals surface area contributed by atoms with Crippen molar-refractivity contribution in [1.29, 1.82) is 0 Å². The zero-order valence-corrected chi connectivity index (χ0v) is 25.0. The van der Waals surface area contributed by atoms with Gasteiger partial charge in [0.1, 0.15) is 46.3 Å². The molecule has 6 aromatic rings. The first-order valence-corrected chi connectivity index (χ1v) is 15.1. The lowest BCUT2D eigenvalue weighted by molar-refractivity contribution is -0.721. The maximum Gasteiger partial charge on any atom is 0.258 e. The zero-order chi connectivity index (χ0) is 30.5. The fourth-order valence-electron chi connectivity index (χ4n) is 5.52. The molecule has 2 aromatic heterocycles. The Morgan fingerprint density at radius 3 is 1.39 bits per heavy atom. The number of hydrogen-bond acceptors (Lipinski definition) is 4. The van der Waals surface area contributed by atoms with Gasteiger partial charge >= 0.3 is 0 Å². The number of carbonyl (C=O) groups excluding carboxylic acids is 2. The largest absolute Gasteiger partial charge is 0.346 e. The number of carbonyl (C=O) groups is 2. The standard InChI is InChI=1S/C34H34N8O2/c1-21-7-3-11-25-29(21)41-31-23(9-5-13-27(31)39-25)33(43)37-19-17-35-15-16-36-18-20-38-34(44)24-10-6-14-28-32(24)42-30-22(2)8-4-12-26(30)40-28/h3-14,35-36H,15-20H2,1-2H3,(H,37,43)(H,38,44)/p+4. The van der Waals surface area contributed by atoms with Gasteiger partial charge < -0.3 is 21.3 Å². The van der Waals surface area contributed by atoms with Crippen LogP contribution in [0.3, 0.4) is 0 Å². The topological polar surface area (TPSA) is 145 Å². The summed E-state index contributed by atoms with van der Waals surface area (Å²) in [4.78, 5) is 42.3. The highest BCUT2D eigenvalue weighted by Crippen LogP contribution is 2.19. The van der Waals surface area contributed by atoms with Gasteiger partial charge in [-0.3, -0.25) is 9.59 Å². The van der Waals surface area contributed by atoms with E-state index < -0.39 is 0 Å². The quantitative estimate of drug-likeness (QED) is 0.129. The summed E-state index contributed by atoms with van der Waals surface area (Å²) in [6.45, 7) is 8.59. The number of para-hydroxylation sites is 4. The molecule has 2 amide bonds. The molecule has 0 aliphatic heterocycles. The average molecular weight is 591 g/mol. The van der Waals surface area contributed by atoms with Crippen LogP contribution in [0, 0.1) is 13.8 Å². The van der Waals surface area contributed by atoms with E-state index in [0.717, 1.165) is 81.4 Å². The first kappa shape index (κ1) is 29.0. The molecule has 0 aliphatic rings. The number of amides is 2. The third-order valence-corrected chi connectivity index (χ3v) is 7.90. The summed E-state index contributed by atoms with van der Waals surface area (Å²) in [7, 11) is 0. The Morgan fingerprint density at radius 1 is 0.568 bits per heavy atom. The highest BCUT2D eigenvalue weighted by molar-refractivity contribution is 6.05. The van der Waals surface area contributed by atoms with Crippen molar-refractivity contribution in [3.8, 4) is 0 Å². The summed E-state index contributed by atoms with van der Waals surface area (Å²) in [5.41, 5.74) is 10.0. The first-order valence-electron chi connectivity index (χ1n) is 15.1. The lowest BCUT2D eigenvalue weighted by Gasteiger charge is -2.07. The number of nitrogens with one attached hydrogen (secondary N) is 4. The Hall–Kier alpha value is -5.06. The van der Waals surface area contributed by atoms with Crippen LogP contribution in [-0.2, 0) is 0 Å². The minimum atomic E-state index is -0.111. The number of rotatable bonds is 11. The highest BCUT2D eigenvalue weighted by Gasteiger charge is 2.20. The van der Waals surface area contributed by atoms with E-state index in [4.69, 9.17) is 9.97 Å². The van der Waals surface area contributed by atoms with Crippen molar-refractivity contribution in [2.75, 3.05) is 39.3 Å². The van der Waals surface area contributed by atoms with E-state index in [1.54, 1.807) is 0 Å². The molecule has 0 saturated heterocycles. The van der Waals surface area contributed by atoms with E-state index in [0.29, 0.717) is 24.2 Å². The summed E-state index contributed by atoms with van der Waals surface area (Å²) in [5, 5.41) is 10.4. The van der Waals surface area contributed by atoms with Crippen LogP contribution in [0.4, 0.5) is 0 Å². The number of nitrogens with zero attached hydrogens (tertiary/aromatic N) is 2. The van der Waals surface area contributed by atoms with Gasteiger partial charge in [0.15, 0.2) is 0 Å². The van der Waals surface area contributed by atoms with Gasteiger partial charge in [-0.15, -0.1) is 0 Å². The van der Waals surface area contributed by atoms with Gasteiger partial charge in [0.25, 0.3) is 11.8 Å². The number of aromatic nitrogens is 4. The number of H-pyrrole nitrogens is 2. The lowest BCUT2D eigenvalue weighted by Crippen LogP contribution is -2.96. The van der Waals surface area contributed by atoms with Crippen molar-refractivity contribution >= 4 is 55.9 Å². The second kappa shape index (κ2) is 13.1. The summed E-state index contributed by atoms with van der Waals surface area (Å²) in [6.07, 6.45) is 0. The fourth-order valence-corrected chi connectivity index (χ4v) is 5.52. The van der Waals surface area contributed by atoms with Crippen molar-refractivity contribution in [1.82, 2.24) is 20.6 Å². The number of aryl methyl sites for hydroxylation is 2. The molecule has 8 N–H and O–H groups in total. The van der Waals surface area contributed by atoms with Gasteiger partial charge in [0.2, 0.25) is 22.1 Å². The minimum Gasteiger partial charge on any atom is -0.346 e. The van der Waals surface area contributed by atoms with Crippen LogP contribution in [-0.4, -0.2) is 61.1 Å². The normalized spacial score (nSPS) is 11.4. The van der Waals surface area contributed by atoms with Crippen molar-refractivity contribution in [2.45, 2.75) is 13.8 Å². The molecule has 4 aromatic carbocycles. The van der Waals surface area contributed by atoms with E-state index >= 15 is 0 Å². The van der Waals surface area contributed by atoms with Crippen molar-refractivity contribution < 1.29 is 30.2 Å². The number of hydrogen-bond donors (Lipinski definition) is 4. The summed E-state index contributed by atoms with van der Waals surface area (Å²) in [6, 6.07) is 23.2. The zero-order valence-electron chi connectivity index (χ0n) is 25.0. The molecule has 10 heteroatoms. The molecule has 222 valence electrons. The lowest BCUT2D eigenvalue weighted by atomic mass is 10.1. The molecule has 0 saturated carbocycles. The van der Waals surface area contributed by atoms with Crippen molar-refractivity contribution in [3.63, 3.8) is 0 Å². The average Bonchev–Trinajstić information content (AvgIpc) is 3.03. The Labute approximate surface area is 254 Å². The van der Waals surface area contributed by atoms with Crippen LogP contribution in [0.2, 0.25) is 0 Å². The van der Waals surface area contributed by atoms with Gasteiger partial charge in [0, 0.05) is 11.1 Å². The fraction of sp³-hybridized carbons (Fsp3) is 0.235. The van der Waals surface area contributed by atoms with Gasteiger partial charge in [-0.2, -0.15) is 0 Å². The maximum absolute atomic E-state index is 13.0. The van der Waals surface area contributed by atoms with Gasteiger partial charge in [0.05, 0.1) is 26.2 Å². The minimum absolute atomic E-state index is 0.111. The first-order chi connectivity index (χ1) is 21.5. The molecule has 0 unspecified atom stereocenters. The third kappa shape index (κ3) is 6.17. The number of aromatic amines is 2. The van der Waals surface area contributed by atoms with Crippen molar-refractivity contribution in [3.05, 3.63) is 95.1 Å². The molecule has 0 aliphatic carbocycles. The number of nitrogens with two attached hydrogens (primary N) is 2. The number of quaternary nitrogens is 2. The molecule has 0 atom stereocenters. The third-order valence-electron chi connectivity index (χ3n) is 7.90. The van der Waals surface area contributed by atoms with Gasteiger partial charge in [-0.25, -0.2) is 19.9 Å². The highest BCUT2D eigenvalue weighted by atomic mass is 16.2. The molecule has 0 fully saturated rings. The van der Waals surface area contributed by atoms with Crippen LogP contribution in [0.5, 0.6) is 0 Å². The van der Waals surface area contributed by atoms with Crippen LogP contribution >= 0.6 is 0 Å². The van der Waals surface area contributed by atoms with Crippen LogP contribution in [0.25, 0.3) is 44.1 Å². The van der Waals surface area contributed by atoms with E-state index in [9.17, 15) is 9.59 Å². The predicted octanol–water partition coefficient (Wildman–Crippen LogP) is 0.621. The molecule has 6 rings (SSSR count). The number of fused-ring (bicyclic) bond motifs is 4. The SMILES string of the molecule is Cc1cccc2nc3cccc(C(=O)NCC[NH2+]CC[NH2+]CCNC(=O)c4cccc5nc6cccc(C)c6[nH+]c45)c3[nH+]c12. The Morgan fingerprint density at radius 2 is 0.955 bits per heavy atom. The second-order valence-corrected chi connectivity index (χ2v) is 11.1. The molecule has 44 heavy (non-hydrogen) atoms. The summed E-state index contributed by atoms with van der Waals surface area (Å²) < 4.78 is 0. The van der Waals surface area contributed by atoms with Crippen LogP contribution < -0.4 is 31.2 Å². The van der Waals surface area contributed by atoms with E-state index in [2.05, 4.69) is 31.2 Å². The summed E-state index contributed by atoms with van der Waals surface area (Å²) in [5.74, 6) is -0.222. The second-order valence-electron chi connectivity index (χ2n) is 11.1. The molecular weight excluding hydrogens is 552 g/mol. The van der Waals surface area contributed by atoms with Gasteiger partial charge in [-0.1, -0.05) is 36.4 Å². The number of benzene rings is 4. The van der Waals surface area contributed by atoms with Crippen molar-refractivity contribution in [2.24, 2.45) is 0 Å². The predicted molar refractivity (Wildman–Crippen MR) is 169 cm³/mol. The van der Waals surface area contributed by atoms with Crippen LogP contribution in [0.15, 0.2) is 72.8 Å². The molecular formula is C34H38N8O2+4. The molecule has 0 spiro atoms. The van der Waals surface area contributed by atoms with E-state index in [1.807, 2.05) is 86.6 Å². The Balaban J connectivity index is 0.917. The Kier molecular flexibility index (Phi) is 8.62. The van der Waals surface area contributed by atoms with Gasteiger partial charge in [-0.05, 0) is 50.2 Å². The molecule has 10 nitrogen and oxygen atoms in total. The van der Waals surface area contributed by atoms with E-state index in [1.165, 1.54) is 0 Å². The smallest absolute Gasteiger partial charge is 0.258 e. The molecule has 0 bridgehead atoms. The Bertz CT molecular complexity index is 1860.